The fourth-order valence-corrected chi connectivity index (χ4v) is 6.42. The predicted octanol–water partition coefficient (Wildman–Crippen LogP) is 9.01. The highest BCUT2D eigenvalue weighted by atomic mass is 16.3. The van der Waals surface area contributed by atoms with E-state index in [0.29, 0.717) is 0 Å². The van der Waals surface area contributed by atoms with Gasteiger partial charge in [-0.1, -0.05) is 65.8 Å². The van der Waals surface area contributed by atoms with E-state index in [4.69, 9.17) is 5.79 Å². The van der Waals surface area contributed by atoms with Crippen LogP contribution in [0.5, 0.6) is 0 Å². The third-order valence-corrected chi connectivity index (χ3v) is 8.74. The molecule has 0 amide bonds. The Hall–Kier alpha value is -3.13. The first-order valence-electron chi connectivity index (χ1n) is 13.7. The molecular formula is C34H38NO+. The molecule has 2 nitrogen and oxygen atoms in total. The average Bonchev–Trinajstić information content (AvgIpc) is 3.17. The Bertz CT molecular complexity index is 1730. The molecule has 0 N–H and O–H groups in total. The van der Waals surface area contributed by atoms with Crippen molar-refractivity contribution in [1.82, 2.24) is 0 Å². The summed E-state index contributed by atoms with van der Waals surface area (Å²) in [7, 11) is 2.07. The van der Waals surface area contributed by atoms with E-state index in [1.165, 1.54) is 45.7 Å². The van der Waals surface area contributed by atoms with Crippen molar-refractivity contribution >= 4 is 32.7 Å². The summed E-state index contributed by atoms with van der Waals surface area (Å²) in [5.74, 6) is -0.641. The summed E-state index contributed by atoms with van der Waals surface area (Å²) < 4.78 is 17.3. The summed E-state index contributed by atoms with van der Waals surface area (Å²) in [6.07, 6.45) is 4.48. The molecule has 0 saturated heterocycles. The Kier molecular flexibility index (Phi) is 4.72. The molecule has 0 atom stereocenters. The predicted molar refractivity (Wildman–Crippen MR) is 152 cm³/mol. The zero-order valence-corrected chi connectivity index (χ0v) is 23.0. The Morgan fingerprint density at radius 1 is 0.889 bits per heavy atom. The molecule has 0 aliphatic heterocycles. The lowest BCUT2D eigenvalue weighted by atomic mass is 9.62. The van der Waals surface area contributed by atoms with Crippen LogP contribution < -0.4 is 4.57 Å². The molecule has 1 aliphatic rings. The zero-order valence-electron chi connectivity index (χ0n) is 24.0. The van der Waals surface area contributed by atoms with Crippen LogP contribution in [-0.4, -0.2) is 0 Å². The van der Waals surface area contributed by atoms with Crippen LogP contribution in [0.25, 0.3) is 44.0 Å². The molecule has 0 spiro atoms. The summed E-state index contributed by atoms with van der Waals surface area (Å²) in [5, 5.41) is 4.94. The minimum absolute atomic E-state index is 0.132. The van der Waals surface area contributed by atoms with E-state index in [1.807, 2.05) is 13.8 Å². The molecule has 0 unspecified atom stereocenters. The second-order valence-corrected chi connectivity index (χ2v) is 12.5. The summed E-state index contributed by atoms with van der Waals surface area (Å²) in [6, 6.07) is 17.9. The maximum atomic E-state index is 8.45. The number of fused-ring (bicyclic) bond motifs is 6. The van der Waals surface area contributed by atoms with Gasteiger partial charge in [-0.3, -0.25) is 0 Å². The second kappa shape index (κ2) is 7.68. The third kappa shape index (κ3) is 3.34. The second-order valence-electron chi connectivity index (χ2n) is 12.5. The van der Waals surface area contributed by atoms with Gasteiger partial charge < -0.3 is 4.42 Å². The molecule has 0 radical (unpaired) electrons. The SMILES string of the molecule is [2H]C(C)(C)c1ccc(-c2c(C)ccc3c2oc2cc4c5c(ccc4cc23)C(C)(C)CCC5(C)C)[n+](C)c1. The summed E-state index contributed by atoms with van der Waals surface area (Å²) >= 11 is 0. The van der Waals surface area contributed by atoms with Crippen LogP contribution >= 0.6 is 0 Å². The Labute approximate surface area is 216 Å². The molecule has 2 heteroatoms. The molecule has 6 rings (SSSR count). The van der Waals surface area contributed by atoms with Gasteiger partial charge in [0.1, 0.15) is 18.2 Å². The van der Waals surface area contributed by atoms with E-state index < -0.39 is 5.89 Å². The fraction of sp³-hybridized carbons (Fsp3) is 0.382. The van der Waals surface area contributed by atoms with Gasteiger partial charge in [0.15, 0.2) is 6.20 Å². The fourth-order valence-electron chi connectivity index (χ4n) is 6.42. The van der Waals surface area contributed by atoms with Crippen LogP contribution in [-0.2, 0) is 17.9 Å². The van der Waals surface area contributed by atoms with Gasteiger partial charge in [-0.2, -0.15) is 0 Å². The van der Waals surface area contributed by atoms with Crippen LogP contribution in [0.4, 0.5) is 0 Å². The van der Waals surface area contributed by atoms with Gasteiger partial charge in [0.2, 0.25) is 5.69 Å². The first-order valence-corrected chi connectivity index (χ1v) is 13.2. The van der Waals surface area contributed by atoms with Crippen molar-refractivity contribution in [3.63, 3.8) is 0 Å². The van der Waals surface area contributed by atoms with E-state index >= 15 is 0 Å². The number of hydrogen-bond donors (Lipinski definition) is 0. The molecular weight excluding hydrogens is 438 g/mol. The number of aryl methyl sites for hydroxylation is 2. The number of aromatic nitrogens is 1. The zero-order chi connectivity index (χ0) is 26.5. The van der Waals surface area contributed by atoms with E-state index in [0.717, 1.165) is 33.4 Å². The van der Waals surface area contributed by atoms with Crippen LogP contribution in [0.2, 0.25) is 0 Å². The van der Waals surface area contributed by atoms with Crippen molar-refractivity contribution in [2.75, 3.05) is 0 Å². The topological polar surface area (TPSA) is 17.0 Å². The van der Waals surface area contributed by atoms with Crippen LogP contribution in [0, 0.1) is 6.92 Å². The van der Waals surface area contributed by atoms with Gasteiger partial charge in [-0.15, -0.1) is 0 Å². The van der Waals surface area contributed by atoms with Crippen molar-refractivity contribution in [2.24, 2.45) is 7.05 Å². The maximum absolute atomic E-state index is 8.45. The first-order chi connectivity index (χ1) is 17.3. The standard InChI is InChI=1S/C34H38NO/c1-20(2)23-11-14-28(35(8)19-23)30-21(3)9-12-24-26-17-22-10-13-27-31(25(22)18-29(26)36-32(24)30)34(6,7)16-15-33(27,4)5/h9-14,17-20H,15-16H2,1-8H3/q+1/i20D. The van der Waals surface area contributed by atoms with Crippen LogP contribution in [0.3, 0.4) is 0 Å². The minimum Gasteiger partial charge on any atom is -0.455 e. The normalized spacial score (nSPS) is 17.5. The van der Waals surface area contributed by atoms with E-state index in [9.17, 15) is 0 Å². The lowest BCUT2D eigenvalue weighted by molar-refractivity contribution is -0.660. The number of furan rings is 1. The Balaban J connectivity index is 1.64. The van der Waals surface area contributed by atoms with E-state index in [2.05, 4.69) is 101 Å². The number of pyridine rings is 1. The third-order valence-electron chi connectivity index (χ3n) is 8.74. The molecule has 5 aromatic rings. The first kappa shape index (κ1) is 22.1. The molecule has 0 fully saturated rings. The van der Waals surface area contributed by atoms with E-state index in [1.54, 1.807) is 0 Å². The largest absolute Gasteiger partial charge is 0.455 e. The number of benzene rings is 3. The average molecular weight is 478 g/mol. The van der Waals surface area contributed by atoms with Gasteiger partial charge in [0.05, 0.1) is 5.56 Å². The molecule has 1 aliphatic carbocycles. The number of rotatable bonds is 2. The van der Waals surface area contributed by atoms with Gasteiger partial charge >= 0.3 is 0 Å². The van der Waals surface area contributed by atoms with Crippen LogP contribution in [0.15, 0.2) is 59.1 Å². The number of hydrogen-bond acceptors (Lipinski definition) is 1. The van der Waals surface area contributed by atoms with Crippen molar-refractivity contribution in [3.05, 3.63) is 77.0 Å². The van der Waals surface area contributed by atoms with Gasteiger partial charge in [0, 0.05) is 23.8 Å². The van der Waals surface area contributed by atoms with Crippen molar-refractivity contribution in [3.8, 4) is 11.3 Å². The highest BCUT2D eigenvalue weighted by Gasteiger charge is 2.38. The molecule has 2 heterocycles. The monoisotopic (exact) mass is 477 g/mol. The molecule has 2 aromatic heterocycles. The molecule has 36 heavy (non-hydrogen) atoms. The van der Waals surface area contributed by atoms with Gasteiger partial charge in [-0.25, -0.2) is 4.57 Å². The maximum Gasteiger partial charge on any atom is 0.216 e. The smallest absolute Gasteiger partial charge is 0.216 e. The van der Waals surface area contributed by atoms with Crippen molar-refractivity contribution in [2.45, 2.75) is 78.0 Å². The highest BCUT2D eigenvalue weighted by molar-refractivity contribution is 6.13. The Morgan fingerprint density at radius 2 is 1.64 bits per heavy atom. The lowest BCUT2D eigenvalue weighted by Gasteiger charge is -2.42. The number of nitrogens with zero attached hydrogens (tertiary/aromatic N) is 1. The van der Waals surface area contributed by atoms with E-state index in [-0.39, 0.29) is 10.8 Å². The van der Waals surface area contributed by atoms with Crippen molar-refractivity contribution in [1.29, 1.82) is 0 Å². The quantitative estimate of drug-likeness (QED) is 0.232. The molecule has 0 saturated carbocycles. The highest BCUT2D eigenvalue weighted by Crippen LogP contribution is 2.49. The van der Waals surface area contributed by atoms with Gasteiger partial charge in [0.25, 0.3) is 0 Å². The summed E-state index contributed by atoms with van der Waals surface area (Å²) in [4.78, 5) is 0. The molecule has 184 valence electrons. The molecule has 3 aromatic carbocycles. The van der Waals surface area contributed by atoms with Crippen LogP contribution in [0.1, 0.15) is 83.9 Å². The van der Waals surface area contributed by atoms with Crippen molar-refractivity contribution < 1.29 is 10.4 Å². The minimum atomic E-state index is -0.641. The van der Waals surface area contributed by atoms with Gasteiger partial charge in [-0.05, 0) is 82.2 Å². The summed E-state index contributed by atoms with van der Waals surface area (Å²) in [6.45, 7) is 15.6. The molecule has 0 bridgehead atoms. The lowest BCUT2D eigenvalue weighted by Crippen LogP contribution is -2.34. The Morgan fingerprint density at radius 3 is 2.36 bits per heavy atom. The summed E-state index contributed by atoms with van der Waals surface area (Å²) in [5.41, 5.74) is 9.57.